The summed E-state index contributed by atoms with van der Waals surface area (Å²) in [6, 6.07) is 1.76. The van der Waals surface area contributed by atoms with Gasteiger partial charge in [0.1, 0.15) is 5.56 Å². The van der Waals surface area contributed by atoms with E-state index >= 15 is 0 Å². The van der Waals surface area contributed by atoms with E-state index < -0.39 is 0 Å². The van der Waals surface area contributed by atoms with Gasteiger partial charge in [-0.3, -0.25) is 9.59 Å². The van der Waals surface area contributed by atoms with Gasteiger partial charge in [-0.15, -0.1) is 0 Å². The van der Waals surface area contributed by atoms with Crippen LogP contribution in [0.3, 0.4) is 0 Å². The predicted octanol–water partition coefficient (Wildman–Crippen LogP) is 1.25. The van der Waals surface area contributed by atoms with E-state index in [-0.39, 0.29) is 17.0 Å². The lowest BCUT2D eigenvalue weighted by Crippen LogP contribution is -2.31. The van der Waals surface area contributed by atoms with E-state index in [0.29, 0.717) is 12.5 Å². The Bertz CT molecular complexity index is 491. The summed E-state index contributed by atoms with van der Waals surface area (Å²) in [5.74, 6) is 0.338. The molecule has 2 rings (SSSR count). The van der Waals surface area contributed by atoms with Crippen molar-refractivity contribution in [3.63, 3.8) is 0 Å². The van der Waals surface area contributed by atoms with E-state index in [0.717, 1.165) is 30.5 Å². The van der Waals surface area contributed by atoms with Crippen LogP contribution in [0, 0.1) is 5.92 Å². The number of rotatable bonds is 2. The SMILES string of the molecule is CCNC(=O)c1cc2c([nH]c1=O)CCC(C)C2. The summed E-state index contributed by atoms with van der Waals surface area (Å²) in [6.07, 6.45) is 2.95. The molecule has 1 unspecified atom stereocenters. The van der Waals surface area contributed by atoms with Crippen molar-refractivity contribution in [2.24, 2.45) is 5.92 Å². The fourth-order valence-corrected chi connectivity index (χ4v) is 2.31. The molecule has 0 fully saturated rings. The minimum absolute atomic E-state index is 0.236. The molecule has 0 saturated carbocycles. The first-order chi connectivity index (χ1) is 8.11. The van der Waals surface area contributed by atoms with E-state index in [4.69, 9.17) is 0 Å². The molecule has 1 aromatic rings. The third kappa shape index (κ3) is 2.40. The van der Waals surface area contributed by atoms with E-state index in [1.165, 1.54) is 0 Å². The number of amides is 1. The van der Waals surface area contributed by atoms with Gasteiger partial charge < -0.3 is 10.3 Å². The zero-order valence-electron chi connectivity index (χ0n) is 10.3. The van der Waals surface area contributed by atoms with Crippen LogP contribution in [0.5, 0.6) is 0 Å². The summed E-state index contributed by atoms with van der Waals surface area (Å²) in [5, 5.41) is 2.66. The van der Waals surface area contributed by atoms with Crippen molar-refractivity contribution in [3.8, 4) is 0 Å². The highest BCUT2D eigenvalue weighted by molar-refractivity contribution is 5.94. The lowest BCUT2D eigenvalue weighted by molar-refractivity contribution is 0.0954. The molecular formula is C13H18N2O2. The molecule has 1 heterocycles. The quantitative estimate of drug-likeness (QED) is 0.809. The zero-order chi connectivity index (χ0) is 12.4. The Morgan fingerprint density at radius 2 is 2.35 bits per heavy atom. The summed E-state index contributed by atoms with van der Waals surface area (Å²) >= 11 is 0. The average Bonchev–Trinajstić information content (AvgIpc) is 2.29. The molecule has 1 amide bonds. The first-order valence-corrected chi connectivity index (χ1v) is 6.15. The van der Waals surface area contributed by atoms with Gasteiger partial charge in [0.15, 0.2) is 0 Å². The third-order valence-electron chi connectivity index (χ3n) is 3.25. The standard InChI is InChI=1S/C13H18N2O2/c1-3-14-12(16)10-7-9-6-8(2)4-5-11(9)15-13(10)17/h7-8H,3-6H2,1-2H3,(H,14,16)(H,15,17). The van der Waals surface area contributed by atoms with Gasteiger partial charge in [0.25, 0.3) is 11.5 Å². The minimum atomic E-state index is -0.283. The number of pyridine rings is 1. The molecule has 0 radical (unpaired) electrons. The normalized spacial score (nSPS) is 18.6. The molecule has 1 aromatic heterocycles. The molecular weight excluding hydrogens is 216 g/mol. The molecule has 0 aromatic carbocycles. The van der Waals surface area contributed by atoms with E-state index in [1.54, 1.807) is 6.07 Å². The van der Waals surface area contributed by atoms with Crippen LogP contribution in [0.1, 0.15) is 41.9 Å². The molecule has 0 bridgehead atoms. The van der Waals surface area contributed by atoms with Crippen LogP contribution in [0.15, 0.2) is 10.9 Å². The van der Waals surface area contributed by atoms with Crippen LogP contribution in [0.4, 0.5) is 0 Å². The number of aryl methyl sites for hydroxylation is 1. The Morgan fingerprint density at radius 3 is 3.06 bits per heavy atom. The summed E-state index contributed by atoms with van der Waals surface area (Å²) in [4.78, 5) is 26.3. The monoisotopic (exact) mass is 234 g/mol. The molecule has 0 aliphatic heterocycles. The number of hydrogen-bond acceptors (Lipinski definition) is 2. The Hall–Kier alpha value is -1.58. The van der Waals surface area contributed by atoms with Crippen LogP contribution >= 0.6 is 0 Å². The van der Waals surface area contributed by atoms with Gasteiger partial charge in [0.2, 0.25) is 0 Å². The van der Waals surface area contributed by atoms with Gasteiger partial charge in [-0.25, -0.2) is 0 Å². The number of nitrogens with one attached hydrogen (secondary N) is 2. The number of carbonyl (C=O) groups is 1. The number of fused-ring (bicyclic) bond motifs is 1. The maximum absolute atomic E-state index is 11.8. The van der Waals surface area contributed by atoms with Crippen LogP contribution < -0.4 is 10.9 Å². The molecule has 0 saturated heterocycles. The lowest BCUT2D eigenvalue weighted by Gasteiger charge is -2.21. The molecule has 92 valence electrons. The predicted molar refractivity (Wildman–Crippen MR) is 66.3 cm³/mol. The van der Waals surface area contributed by atoms with Crippen LogP contribution in [0.2, 0.25) is 0 Å². The number of H-pyrrole nitrogens is 1. The van der Waals surface area contributed by atoms with Crippen LogP contribution in [-0.4, -0.2) is 17.4 Å². The highest BCUT2D eigenvalue weighted by Gasteiger charge is 2.19. The number of aromatic amines is 1. The van der Waals surface area contributed by atoms with Crippen molar-refractivity contribution in [3.05, 3.63) is 33.2 Å². The highest BCUT2D eigenvalue weighted by atomic mass is 16.2. The first kappa shape index (κ1) is 11.9. The molecule has 1 aliphatic carbocycles. The van der Waals surface area contributed by atoms with Gasteiger partial charge in [0.05, 0.1) is 0 Å². The number of carbonyl (C=O) groups excluding carboxylic acids is 1. The third-order valence-corrected chi connectivity index (χ3v) is 3.25. The Kier molecular flexibility index (Phi) is 3.31. The largest absolute Gasteiger partial charge is 0.352 e. The van der Waals surface area contributed by atoms with Crippen LogP contribution in [-0.2, 0) is 12.8 Å². The van der Waals surface area contributed by atoms with Gasteiger partial charge in [0, 0.05) is 12.2 Å². The van der Waals surface area contributed by atoms with Crippen molar-refractivity contribution in [1.29, 1.82) is 0 Å². The van der Waals surface area contributed by atoms with E-state index in [9.17, 15) is 9.59 Å². The number of aromatic nitrogens is 1. The summed E-state index contributed by atoms with van der Waals surface area (Å²) in [5.41, 5.74) is 2.08. The average molecular weight is 234 g/mol. The van der Waals surface area contributed by atoms with Crippen molar-refractivity contribution >= 4 is 5.91 Å². The molecule has 1 aliphatic rings. The Balaban J connectivity index is 2.39. The molecule has 4 nitrogen and oxygen atoms in total. The minimum Gasteiger partial charge on any atom is -0.352 e. The van der Waals surface area contributed by atoms with Crippen molar-refractivity contribution < 1.29 is 4.79 Å². The molecule has 0 spiro atoms. The second-order valence-corrected chi connectivity index (χ2v) is 4.72. The Morgan fingerprint density at radius 1 is 1.59 bits per heavy atom. The summed E-state index contributed by atoms with van der Waals surface area (Å²) in [7, 11) is 0. The van der Waals surface area contributed by atoms with E-state index in [1.807, 2.05) is 6.92 Å². The smallest absolute Gasteiger partial charge is 0.261 e. The maximum Gasteiger partial charge on any atom is 0.261 e. The first-order valence-electron chi connectivity index (χ1n) is 6.15. The second kappa shape index (κ2) is 4.73. The van der Waals surface area contributed by atoms with Crippen molar-refractivity contribution in [1.82, 2.24) is 10.3 Å². The maximum atomic E-state index is 11.8. The second-order valence-electron chi connectivity index (χ2n) is 4.72. The summed E-state index contributed by atoms with van der Waals surface area (Å²) < 4.78 is 0. The molecule has 1 atom stereocenters. The lowest BCUT2D eigenvalue weighted by atomic mass is 9.87. The summed E-state index contributed by atoms with van der Waals surface area (Å²) in [6.45, 7) is 4.57. The Labute approximate surface area is 100 Å². The molecule has 17 heavy (non-hydrogen) atoms. The van der Waals surface area contributed by atoms with Gasteiger partial charge in [-0.2, -0.15) is 0 Å². The fraction of sp³-hybridized carbons (Fsp3) is 0.538. The van der Waals surface area contributed by atoms with E-state index in [2.05, 4.69) is 17.2 Å². The zero-order valence-corrected chi connectivity index (χ0v) is 10.3. The van der Waals surface area contributed by atoms with Crippen LogP contribution in [0.25, 0.3) is 0 Å². The fourth-order valence-electron chi connectivity index (χ4n) is 2.31. The van der Waals surface area contributed by atoms with Crippen molar-refractivity contribution in [2.75, 3.05) is 6.54 Å². The molecule has 2 N–H and O–H groups in total. The van der Waals surface area contributed by atoms with Gasteiger partial charge in [-0.05, 0) is 43.7 Å². The van der Waals surface area contributed by atoms with Crippen molar-refractivity contribution in [2.45, 2.75) is 33.1 Å². The highest BCUT2D eigenvalue weighted by Crippen LogP contribution is 2.23. The molecule has 4 heteroatoms. The van der Waals surface area contributed by atoms with Gasteiger partial charge in [-0.1, -0.05) is 6.92 Å². The topological polar surface area (TPSA) is 62.0 Å². The van der Waals surface area contributed by atoms with Gasteiger partial charge >= 0.3 is 0 Å². The number of hydrogen-bond donors (Lipinski definition) is 2.